The van der Waals surface area contributed by atoms with Gasteiger partial charge < -0.3 is 19.7 Å². The molecule has 0 saturated carbocycles. The van der Waals surface area contributed by atoms with Crippen molar-refractivity contribution in [2.24, 2.45) is 0 Å². The topological polar surface area (TPSA) is 97.6 Å². The number of thiocarbonyl (C=S) groups is 1. The Balaban J connectivity index is 1.15. The van der Waals surface area contributed by atoms with E-state index in [2.05, 4.69) is 43.3 Å². The van der Waals surface area contributed by atoms with Crippen LogP contribution in [0.3, 0.4) is 0 Å². The standard InChI is InChI=1S/C30H33N7O3S/c38-29(32-9-7-23-3-1-2-4-27(23)41)18-24-20-35(19-22-5-6-25-26(17-22)40-16-15-39-25)13-14-37(24)28-8-10-33-30(34-28)36-12-11-31-21-36/h1-3,5-6,8,10-12,17,21,24H,4,7,9,13-16,18-20H2,(H,32,38). The van der Waals surface area contributed by atoms with Crippen molar-refractivity contribution in [2.45, 2.75) is 31.8 Å². The van der Waals surface area contributed by atoms with Gasteiger partial charge in [-0.15, -0.1) is 0 Å². The van der Waals surface area contributed by atoms with Crippen LogP contribution in [0.2, 0.25) is 0 Å². The van der Waals surface area contributed by atoms with E-state index in [1.54, 1.807) is 23.3 Å². The number of rotatable bonds is 9. The largest absolute Gasteiger partial charge is 0.486 e. The predicted molar refractivity (Wildman–Crippen MR) is 160 cm³/mol. The molecule has 0 radical (unpaired) electrons. The number of imidazole rings is 1. The number of allylic oxidation sites excluding steroid dienone is 3. The lowest BCUT2D eigenvalue weighted by Crippen LogP contribution is -2.54. The molecule has 1 fully saturated rings. The molecule has 3 aliphatic rings. The lowest BCUT2D eigenvalue weighted by molar-refractivity contribution is -0.121. The number of carbonyl (C=O) groups is 1. The summed E-state index contributed by atoms with van der Waals surface area (Å²) < 4.78 is 13.3. The van der Waals surface area contributed by atoms with Crippen molar-refractivity contribution in [3.05, 3.63) is 78.5 Å². The minimum absolute atomic E-state index is 0.0166. The molecule has 6 rings (SSSR count). The predicted octanol–water partition coefficient (Wildman–Crippen LogP) is 3.28. The molecule has 1 amide bonds. The van der Waals surface area contributed by atoms with Crippen LogP contribution in [0.5, 0.6) is 11.5 Å². The summed E-state index contributed by atoms with van der Waals surface area (Å²) in [6.45, 7) is 4.73. The summed E-state index contributed by atoms with van der Waals surface area (Å²) >= 11 is 5.47. The minimum Gasteiger partial charge on any atom is -0.486 e. The van der Waals surface area contributed by atoms with Crippen LogP contribution in [0.4, 0.5) is 5.82 Å². The van der Waals surface area contributed by atoms with Crippen molar-refractivity contribution < 1.29 is 14.3 Å². The van der Waals surface area contributed by atoms with Gasteiger partial charge in [0.25, 0.3) is 0 Å². The number of benzene rings is 1. The number of aromatic nitrogens is 4. The number of nitrogens with one attached hydrogen (secondary N) is 1. The van der Waals surface area contributed by atoms with E-state index in [4.69, 9.17) is 26.7 Å². The summed E-state index contributed by atoms with van der Waals surface area (Å²) in [5.74, 6) is 2.94. The van der Waals surface area contributed by atoms with E-state index in [0.29, 0.717) is 38.7 Å². The average molecular weight is 572 g/mol. The zero-order valence-electron chi connectivity index (χ0n) is 22.8. The number of amides is 1. The summed E-state index contributed by atoms with van der Waals surface area (Å²) in [4.78, 5) is 32.1. The fourth-order valence-corrected chi connectivity index (χ4v) is 5.68. The quantitative estimate of drug-likeness (QED) is 0.388. The maximum Gasteiger partial charge on any atom is 0.236 e. The molecule has 212 valence electrons. The molecule has 1 saturated heterocycles. The summed E-state index contributed by atoms with van der Waals surface area (Å²) in [7, 11) is 0. The smallest absolute Gasteiger partial charge is 0.236 e. The van der Waals surface area contributed by atoms with Gasteiger partial charge in [-0.25, -0.2) is 9.97 Å². The first-order valence-electron chi connectivity index (χ1n) is 14.0. The number of piperazine rings is 1. The lowest BCUT2D eigenvalue weighted by Gasteiger charge is -2.42. The Morgan fingerprint density at radius 1 is 1.12 bits per heavy atom. The first-order chi connectivity index (χ1) is 20.1. The second-order valence-electron chi connectivity index (χ2n) is 10.3. The third kappa shape index (κ3) is 6.63. The van der Waals surface area contributed by atoms with E-state index >= 15 is 0 Å². The van der Waals surface area contributed by atoms with Gasteiger partial charge in [-0.3, -0.25) is 14.3 Å². The zero-order chi connectivity index (χ0) is 28.0. The number of fused-ring (bicyclic) bond motifs is 1. The molecule has 0 bridgehead atoms. The molecule has 1 aliphatic carbocycles. The van der Waals surface area contributed by atoms with E-state index < -0.39 is 0 Å². The van der Waals surface area contributed by atoms with Crippen LogP contribution >= 0.6 is 12.2 Å². The van der Waals surface area contributed by atoms with Crippen molar-refractivity contribution >= 4 is 28.8 Å². The van der Waals surface area contributed by atoms with Crippen LogP contribution in [-0.2, 0) is 11.3 Å². The van der Waals surface area contributed by atoms with Crippen molar-refractivity contribution in [3.63, 3.8) is 0 Å². The number of hydrogen-bond donors (Lipinski definition) is 1. The number of ether oxygens (including phenoxy) is 2. The molecule has 2 aliphatic heterocycles. The molecule has 2 aromatic heterocycles. The Labute approximate surface area is 244 Å². The maximum absolute atomic E-state index is 13.2. The molecular weight excluding hydrogens is 538 g/mol. The van der Waals surface area contributed by atoms with Crippen LogP contribution in [0.15, 0.2) is 73.0 Å². The highest BCUT2D eigenvalue weighted by Gasteiger charge is 2.30. The molecule has 11 heteroatoms. The maximum atomic E-state index is 13.2. The third-order valence-corrected chi connectivity index (χ3v) is 7.90. The fraction of sp³-hybridized carbons (Fsp3) is 0.367. The monoisotopic (exact) mass is 571 g/mol. The normalized spacial score (nSPS) is 18.7. The van der Waals surface area contributed by atoms with Gasteiger partial charge >= 0.3 is 0 Å². The zero-order valence-corrected chi connectivity index (χ0v) is 23.6. The fourth-order valence-electron chi connectivity index (χ4n) is 5.41. The number of hydrogen-bond acceptors (Lipinski definition) is 9. The van der Waals surface area contributed by atoms with E-state index in [0.717, 1.165) is 65.8 Å². The number of anilines is 1. The van der Waals surface area contributed by atoms with E-state index in [9.17, 15) is 4.79 Å². The van der Waals surface area contributed by atoms with E-state index in [-0.39, 0.29) is 11.9 Å². The Morgan fingerprint density at radius 3 is 2.88 bits per heavy atom. The first-order valence-corrected chi connectivity index (χ1v) is 14.4. The highest BCUT2D eigenvalue weighted by Crippen LogP contribution is 2.31. The second kappa shape index (κ2) is 12.6. The molecule has 1 unspecified atom stereocenters. The van der Waals surface area contributed by atoms with Crippen LogP contribution < -0.4 is 19.7 Å². The lowest BCUT2D eigenvalue weighted by atomic mass is 10.0. The molecule has 4 heterocycles. The summed E-state index contributed by atoms with van der Waals surface area (Å²) in [6.07, 6.45) is 15.0. The van der Waals surface area contributed by atoms with Crippen LogP contribution in [0.1, 0.15) is 24.8 Å². The number of carbonyl (C=O) groups excluding carboxylic acids is 1. The van der Waals surface area contributed by atoms with Gasteiger partial charge in [0, 0.05) is 69.0 Å². The SMILES string of the molecule is O=C(CC1CN(Cc2ccc3c(c2)OCCO3)CCN1c1ccnc(-n2ccnc2)n1)NCCC1=CC=CCC1=S. The molecule has 1 atom stereocenters. The first kappa shape index (κ1) is 27.1. The van der Waals surface area contributed by atoms with Crippen LogP contribution in [0.25, 0.3) is 5.95 Å². The highest BCUT2D eigenvalue weighted by atomic mass is 32.1. The van der Waals surface area contributed by atoms with Crippen molar-refractivity contribution in [1.29, 1.82) is 0 Å². The second-order valence-corrected chi connectivity index (χ2v) is 10.8. The Bertz CT molecular complexity index is 1460. The minimum atomic E-state index is -0.0654. The summed E-state index contributed by atoms with van der Waals surface area (Å²) in [5, 5.41) is 3.12. The van der Waals surface area contributed by atoms with Gasteiger partial charge in [0.2, 0.25) is 11.9 Å². The van der Waals surface area contributed by atoms with Crippen molar-refractivity contribution in [1.82, 2.24) is 29.7 Å². The van der Waals surface area contributed by atoms with Gasteiger partial charge in [-0.2, -0.15) is 4.98 Å². The van der Waals surface area contributed by atoms with Crippen LogP contribution in [0, 0.1) is 0 Å². The Kier molecular flexibility index (Phi) is 8.33. The van der Waals surface area contributed by atoms with Gasteiger partial charge in [-0.1, -0.05) is 36.5 Å². The Hall–Kier alpha value is -4.09. The number of nitrogens with zero attached hydrogens (tertiary/aromatic N) is 6. The molecular formula is C30H33N7O3S. The highest BCUT2D eigenvalue weighted by molar-refractivity contribution is 7.80. The van der Waals surface area contributed by atoms with Gasteiger partial charge in [-0.05, 0) is 35.8 Å². The summed E-state index contributed by atoms with van der Waals surface area (Å²) in [6, 6.07) is 7.97. The van der Waals surface area contributed by atoms with E-state index in [1.807, 2.05) is 30.5 Å². The Morgan fingerprint density at radius 2 is 2.02 bits per heavy atom. The van der Waals surface area contributed by atoms with Gasteiger partial charge in [0.05, 0.1) is 6.04 Å². The molecule has 1 aromatic carbocycles. The summed E-state index contributed by atoms with van der Waals surface area (Å²) in [5.41, 5.74) is 2.28. The van der Waals surface area contributed by atoms with Crippen molar-refractivity contribution in [3.8, 4) is 17.4 Å². The van der Waals surface area contributed by atoms with Crippen LogP contribution in [-0.4, -0.2) is 80.6 Å². The van der Waals surface area contributed by atoms with E-state index in [1.165, 1.54) is 0 Å². The average Bonchev–Trinajstić information content (AvgIpc) is 3.54. The molecule has 1 N–H and O–H groups in total. The van der Waals surface area contributed by atoms with Crippen molar-refractivity contribution in [2.75, 3.05) is 44.3 Å². The molecule has 41 heavy (non-hydrogen) atoms. The molecule has 10 nitrogen and oxygen atoms in total. The molecule has 0 spiro atoms. The third-order valence-electron chi connectivity index (χ3n) is 7.47. The van der Waals surface area contributed by atoms with Gasteiger partial charge in [0.15, 0.2) is 11.5 Å². The van der Waals surface area contributed by atoms with Gasteiger partial charge in [0.1, 0.15) is 25.4 Å². The molecule has 3 aromatic rings.